The van der Waals surface area contributed by atoms with Gasteiger partial charge >= 0.3 is 5.97 Å². The Balaban J connectivity index is 1.65. The molecule has 31 heavy (non-hydrogen) atoms. The van der Waals surface area contributed by atoms with Crippen molar-refractivity contribution in [3.63, 3.8) is 0 Å². The van der Waals surface area contributed by atoms with Crippen molar-refractivity contribution in [1.29, 1.82) is 0 Å². The Bertz CT molecular complexity index is 963. The van der Waals surface area contributed by atoms with Crippen molar-refractivity contribution >= 4 is 34.8 Å². The van der Waals surface area contributed by atoms with E-state index >= 15 is 0 Å². The molecule has 2 aromatic rings. The maximum atomic E-state index is 12.9. The molecule has 168 valence electrons. The third-order valence-electron chi connectivity index (χ3n) is 5.29. The third kappa shape index (κ3) is 5.06. The first-order valence-corrected chi connectivity index (χ1v) is 10.0. The number of likely N-dealkylation sites (tertiary alicyclic amines) is 1. The number of nitrogens with one attached hydrogen (secondary N) is 1. The van der Waals surface area contributed by atoms with Crippen LogP contribution < -0.4 is 22.5 Å². The number of hydrogen-bond acceptors (Lipinski definition) is 9. The molecule has 13 nitrogen and oxygen atoms in total. The number of unbranched alkanes of at least 4 members (excludes halogenated alkanes) is 1. The number of carbonyl (C=O) groups excluding carboxylic acids is 2. The second-order valence-electron chi connectivity index (χ2n) is 7.54. The summed E-state index contributed by atoms with van der Waals surface area (Å²) in [7, 11) is 0. The van der Waals surface area contributed by atoms with Crippen LogP contribution in [0.25, 0.3) is 11.2 Å². The highest BCUT2D eigenvalue weighted by atomic mass is 16.4. The highest BCUT2D eigenvalue weighted by Crippen LogP contribution is 2.21. The molecule has 1 fully saturated rings. The molecule has 3 heterocycles. The molecule has 0 unspecified atom stereocenters. The number of nitrogens with two attached hydrogens (primary N) is 3. The van der Waals surface area contributed by atoms with Gasteiger partial charge in [-0.3, -0.25) is 9.59 Å². The van der Waals surface area contributed by atoms with E-state index in [2.05, 4.69) is 20.3 Å². The average molecular weight is 433 g/mol. The highest BCUT2D eigenvalue weighted by molar-refractivity contribution is 5.87. The number of carboxylic acids is 1. The lowest BCUT2D eigenvalue weighted by molar-refractivity contribution is -0.148. The molecule has 1 aliphatic heterocycles. The Morgan fingerprint density at radius 2 is 2.03 bits per heavy atom. The molecule has 2 aromatic heterocycles. The molecule has 0 aliphatic carbocycles. The van der Waals surface area contributed by atoms with Gasteiger partial charge in [0, 0.05) is 19.0 Å². The molecule has 0 radical (unpaired) electrons. The number of anilines is 1. The fraction of sp³-hybridized carbons (Fsp3) is 0.556. The lowest BCUT2D eigenvalue weighted by atomic mass is 10.1. The van der Waals surface area contributed by atoms with Crippen LogP contribution in [0.5, 0.6) is 0 Å². The van der Waals surface area contributed by atoms with Gasteiger partial charge in [-0.25, -0.2) is 19.7 Å². The maximum absolute atomic E-state index is 12.9. The van der Waals surface area contributed by atoms with E-state index in [9.17, 15) is 19.5 Å². The molecule has 0 bridgehead atoms. The summed E-state index contributed by atoms with van der Waals surface area (Å²) < 4.78 is 1.48. The number of aromatic nitrogens is 4. The van der Waals surface area contributed by atoms with E-state index in [1.54, 1.807) is 0 Å². The van der Waals surface area contributed by atoms with Crippen molar-refractivity contribution in [2.24, 2.45) is 11.5 Å². The molecule has 8 N–H and O–H groups in total. The van der Waals surface area contributed by atoms with Crippen LogP contribution in [0.3, 0.4) is 0 Å². The smallest absolute Gasteiger partial charge is 0.326 e. The van der Waals surface area contributed by atoms with Crippen LogP contribution in [-0.4, -0.2) is 78.5 Å². The molecule has 13 heteroatoms. The number of carbonyl (C=O) groups is 3. The van der Waals surface area contributed by atoms with E-state index in [0.29, 0.717) is 24.1 Å². The van der Waals surface area contributed by atoms with Crippen molar-refractivity contribution < 1.29 is 19.5 Å². The number of fused-ring (bicyclic) bond motifs is 1. The predicted octanol–water partition coefficient (Wildman–Crippen LogP) is -1.96. The van der Waals surface area contributed by atoms with Gasteiger partial charge < -0.3 is 37.1 Å². The molecular weight excluding hydrogens is 406 g/mol. The van der Waals surface area contributed by atoms with Crippen LogP contribution in [0.4, 0.5) is 5.82 Å². The Labute approximate surface area is 178 Å². The fourth-order valence-corrected chi connectivity index (χ4v) is 3.65. The van der Waals surface area contributed by atoms with Gasteiger partial charge in [-0.2, -0.15) is 0 Å². The summed E-state index contributed by atoms with van der Waals surface area (Å²) in [6, 6.07) is -2.27. The zero-order chi connectivity index (χ0) is 22.5. The molecule has 1 saturated heterocycles. The van der Waals surface area contributed by atoms with Crippen LogP contribution in [0.2, 0.25) is 0 Å². The SMILES string of the molecule is NCCCC[C@H](N)C(=O)N[C@H]1C[C@@H](C(=O)O)N(C(=O)Cn2cnc3c(N)ncnc32)C1. The summed E-state index contributed by atoms with van der Waals surface area (Å²) in [6.07, 6.45) is 4.75. The summed E-state index contributed by atoms with van der Waals surface area (Å²) in [5, 5.41) is 12.3. The number of hydrogen-bond donors (Lipinski definition) is 5. The number of imidazole rings is 1. The van der Waals surface area contributed by atoms with E-state index < -0.39 is 30.0 Å². The number of aliphatic carboxylic acids is 1. The van der Waals surface area contributed by atoms with Gasteiger partial charge in [-0.15, -0.1) is 0 Å². The van der Waals surface area contributed by atoms with Gasteiger partial charge in [-0.05, 0) is 19.4 Å². The molecule has 2 amide bonds. The molecule has 3 atom stereocenters. The molecule has 0 saturated carbocycles. The summed E-state index contributed by atoms with van der Waals surface area (Å²) >= 11 is 0. The highest BCUT2D eigenvalue weighted by Gasteiger charge is 2.40. The first-order chi connectivity index (χ1) is 14.8. The monoisotopic (exact) mass is 433 g/mol. The Morgan fingerprint density at radius 3 is 2.74 bits per heavy atom. The first-order valence-electron chi connectivity index (χ1n) is 10.0. The largest absolute Gasteiger partial charge is 0.480 e. The van der Waals surface area contributed by atoms with Gasteiger partial charge in [0.25, 0.3) is 0 Å². The van der Waals surface area contributed by atoms with Crippen LogP contribution in [0.15, 0.2) is 12.7 Å². The van der Waals surface area contributed by atoms with E-state index in [1.165, 1.54) is 22.1 Å². The van der Waals surface area contributed by atoms with Crippen LogP contribution >= 0.6 is 0 Å². The van der Waals surface area contributed by atoms with E-state index in [0.717, 1.165) is 12.8 Å². The zero-order valence-corrected chi connectivity index (χ0v) is 17.0. The van der Waals surface area contributed by atoms with Crippen LogP contribution in [-0.2, 0) is 20.9 Å². The van der Waals surface area contributed by atoms with Gasteiger partial charge in [0.1, 0.15) is 24.4 Å². The second kappa shape index (κ2) is 9.66. The lowest BCUT2D eigenvalue weighted by Crippen LogP contribution is -2.47. The summed E-state index contributed by atoms with van der Waals surface area (Å²) in [4.78, 5) is 50.2. The van der Waals surface area contributed by atoms with Gasteiger partial charge in [-0.1, -0.05) is 6.42 Å². The second-order valence-corrected chi connectivity index (χ2v) is 7.54. The predicted molar refractivity (Wildman–Crippen MR) is 110 cm³/mol. The van der Waals surface area contributed by atoms with Gasteiger partial charge in [0.05, 0.1) is 12.4 Å². The summed E-state index contributed by atoms with van der Waals surface area (Å²) in [5.41, 5.74) is 17.8. The molecular formula is C18H27N9O4. The number of rotatable bonds is 9. The van der Waals surface area contributed by atoms with Crippen molar-refractivity contribution in [2.45, 2.75) is 50.4 Å². The molecule has 0 spiro atoms. The maximum Gasteiger partial charge on any atom is 0.326 e. The van der Waals surface area contributed by atoms with Crippen molar-refractivity contribution in [3.05, 3.63) is 12.7 Å². The van der Waals surface area contributed by atoms with E-state index in [4.69, 9.17) is 17.2 Å². The fourth-order valence-electron chi connectivity index (χ4n) is 3.65. The van der Waals surface area contributed by atoms with Gasteiger partial charge in [0.2, 0.25) is 11.8 Å². The number of carboxylic acid groups (broad SMARTS) is 1. The normalized spacial score (nSPS) is 19.5. The number of nitrogens with zero attached hydrogens (tertiary/aromatic N) is 5. The zero-order valence-electron chi connectivity index (χ0n) is 17.0. The van der Waals surface area contributed by atoms with Crippen molar-refractivity contribution in [3.8, 4) is 0 Å². The van der Waals surface area contributed by atoms with Crippen LogP contribution in [0, 0.1) is 0 Å². The minimum absolute atomic E-state index is 0.0703. The summed E-state index contributed by atoms with van der Waals surface area (Å²) in [6.45, 7) is 0.427. The summed E-state index contributed by atoms with van der Waals surface area (Å²) in [5.74, 6) is -1.76. The van der Waals surface area contributed by atoms with Crippen LogP contribution in [0.1, 0.15) is 25.7 Å². The standard InChI is InChI=1S/C18H27N9O4/c19-4-2-1-3-11(20)17(29)25-10-5-12(18(30)31)27(6-10)13(28)7-26-9-24-14-15(21)22-8-23-16(14)26/h8-12H,1-7,19-20H2,(H,25,29)(H,30,31)(H2,21,22,23)/t10-,11-,12-/m0/s1. The lowest BCUT2D eigenvalue weighted by Gasteiger charge is -2.22. The molecule has 1 aliphatic rings. The Kier molecular flexibility index (Phi) is 6.97. The van der Waals surface area contributed by atoms with E-state index in [-0.39, 0.29) is 31.2 Å². The van der Waals surface area contributed by atoms with Gasteiger partial charge in [0.15, 0.2) is 11.5 Å². The minimum Gasteiger partial charge on any atom is -0.480 e. The molecule has 3 rings (SSSR count). The number of amides is 2. The Morgan fingerprint density at radius 1 is 1.26 bits per heavy atom. The quantitative estimate of drug-likeness (QED) is 0.276. The van der Waals surface area contributed by atoms with Crippen molar-refractivity contribution in [1.82, 2.24) is 29.7 Å². The molecule has 0 aromatic carbocycles. The minimum atomic E-state index is -1.14. The third-order valence-corrected chi connectivity index (χ3v) is 5.29. The van der Waals surface area contributed by atoms with E-state index in [1.807, 2.05) is 0 Å². The first kappa shape index (κ1) is 22.4. The Hall–Kier alpha value is -3.32. The topological polar surface area (TPSA) is 208 Å². The van der Waals surface area contributed by atoms with Crippen molar-refractivity contribution in [2.75, 3.05) is 18.8 Å². The number of nitrogen functional groups attached to an aromatic ring is 1. The average Bonchev–Trinajstić information content (AvgIpc) is 3.33.